The smallest absolute Gasteiger partial charge is 0.277 e. The van der Waals surface area contributed by atoms with E-state index in [1.807, 2.05) is 29.2 Å². The van der Waals surface area contributed by atoms with Crippen molar-refractivity contribution in [2.24, 2.45) is 5.92 Å². The summed E-state index contributed by atoms with van der Waals surface area (Å²) in [7, 11) is 0. The molecule has 7 rings (SSSR count). The average molecular weight is 683 g/mol. The number of nitrogens with zero attached hydrogens (tertiary/aromatic N) is 6. The number of carbonyl (C=O) groups excluding carboxylic acids is 2. The summed E-state index contributed by atoms with van der Waals surface area (Å²) in [5.74, 6) is -0.293. The highest BCUT2D eigenvalue weighted by Crippen LogP contribution is 2.35. The lowest BCUT2D eigenvalue weighted by atomic mass is 9.79. The topological polar surface area (TPSA) is 151 Å². The highest BCUT2D eigenvalue weighted by atomic mass is 35.5. The lowest BCUT2D eigenvalue weighted by Gasteiger charge is -2.43. The van der Waals surface area contributed by atoms with Crippen LogP contribution in [-0.4, -0.2) is 90.8 Å². The molecule has 2 fully saturated rings. The van der Waals surface area contributed by atoms with E-state index in [0.717, 1.165) is 17.5 Å². The number of aromatic nitrogens is 4. The highest BCUT2D eigenvalue weighted by Gasteiger charge is 2.40. The molecule has 0 spiro atoms. The predicted molar refractivity (Wildman–Crippen MR) is 187 cm³/mol. The Hall–Kier alpha value is -4.78. The van der Waals surface area contributed by atoms with Gasteiger partial charge < -0.3 is 26.0 Å². The number of aliphatic hydroxyl groups is 1. The lowest BCUT2D eigenvalue weighted by molar-refractivity contribution is -0.142. The van der Waals surface area contributed by atoms with Gasteiger partial charge in [-0.05, 0) is 55.6 Å². The van der Waals surface area contributed by atoms with Crippen LogP contribution in [-0.2, 0) is 11.3 Å². The number of halogens is 1. The minimum atomic E-state index is -1.14. The Balaban J connectivity index is 0.966. The molecule has 5 heterocycles. The number of amides is 2. The molecule has 2 aliphatic rings. The third-order valence-corrected chi connectivity index (χ3v) is 10.3. The van der Waals surface area contributed by atoms with Gasteiger partial charge in [0, 0.05) is 61.7 Å². The molecule has 49 heavy (non-hydrogen) atoms. The second-order valence-electron chi connectivity index (χ2n) is 13.2. The molecule has 0 aliphatic carbocycles. The SMILES string of the molecule is Nc1cc2c(=O)n(CC3(O)CCN(C(=O)[C@@H]4CCN(CCNC(=O)c5ccc6c(Cl)ccnc6c5)C[C@H]4c4ccccc4)CC3)cnn2c1. The molecule has 4 N–H and O–H groups in total. The van der Waals surface area contributed by atoms with Crippen LogP contribution < -0.4 is 16.6 Å². The first kappa shape index (κ1) is 32.8. The summed E-state index contributed by atoms with van der Waals surface area (Å²) in [5.41, 5.74) is 7.53. The number of nitrogen functional groups attached to an aromatic ring is 1. The van der Waals surface area contributed by atoms with Crippen LogP contribution in [0.4, 0.5) is 5.69 Å². The monoisotopic (exact) mass is 682 g/mol. The molecule has 0 saturated carbocycles. The standard InChI is InChI=1S/C36H39ClN8O4/c37-30-8-12-39-31-18-25(6-7-28(30)31)33(46)40-13-17-42-14-9-27(29(21-42)24-4-2-1-3-5-24)34(47)43-15-10-36(49,11-16-43)22-44-23-41-45-20-26(38)19-32(45)35(44)48/h1-8,12,18-20,23,27,29,49H,9-11,13-17,21-22,38H2,(H,40,46)/t27-,29+/m1/s1. The number of anilines is 1. The molecular formula is C36H39ClN8O4. The number of benzene rings is 2. The number of carbonyl (C=O) groups is 2. The number of pyridine rings is 1. The van der Waals surface area contributed by atoms with Crippen LogP contribution in [0.5, 0.6) is 0 Å². The molecule has 2 amide bonds. The first-order chi connectivity index (χ1) is 23.7. The minimum Gasteiger partial charge on any atom is -0.397 e. The number of piperidine rings is 2. The van der Waals surface area contributed by atoms with Crippen molar-refractivity contribution in [1.82, 2.24) is 34.3 Å². The molecule has 0 unspecified atom stereocenters. The lowest BCUT2D eigenvalue weighted by Crippen LogP contribution is -2.53. The van der Waals surface area contributed by atoms with Crippen molar-refractivity contribution in [3.63, 3.8) is 0 Å². The Bertz CT molecular complexity index is 2060. The second kappa shape index (κ2) is 13.6. The normalized spacial score (nSPS) is 19.7. The van der Waals surface area contributed by atoms with Gasteiger partial charge in [-0.15, -0.1) is 0 Å². The maximum atomic E-state index is 14.1. The van der Waals surface area contributed by atoms with Crippen molar-refractivity contribution < 1.29 is 14.7 Å². The van der Waals surface area contributed by atoms with E-state index in [2.05, 4.69) is 32.4 Å². The van der Waals surface area contributed by atoms with Crippen LogP contribution in [0, 0.1) is 5.92 Å². The number of hydrogen-bond acceptors (Lipinski definition) is 8. The average Bonchev–Trinajstić information content (AvgIpc) is 3.51. The van der Waals surface area contributed by atoms with Gasteiger partial charge in [-0.2, -0.15) is 5.10 Å². The number of rotatable bonds is 8. The van der Waals surface area contributed by atoms with Crippen LogP contribution in [0.2, 0.25) is 5.02 Å². The van der Waals surface area contributed by atoms with Crippen LogP contribution >= 0.6 is 11.6 Å². The fourth-order valence-corrected chi connectivity index (χ4v) is 7.47. The molecule has 2 aromatic carbocycles. The van der Waals surface area contributed by atoms with E-state index in [1.54, 1.807) is 36.7 Å². The van der Waals surface area contributed by atoms with E-state index in [-0.39, 0.29) is 35.8 Å². The summed E-state index contributed by atoms with van der Waals surface area (Å²) in [5, 5.41) is 20.1. The maximum Gasteiger partial charge on any atom is 0.277 e. The Morgan fingerprint density at radius 1 is 1.06 bits per heavy atom. The van der Waals surface area contributed by atoms with Crippen molar-refractivity contribution in [1.29, 1.82) is 0 Å². The Kier molecular flexibility index (Phi) is 9.10. The number of fused-ring (bicyclic) bond motifs is 2. The van der Waals surface area contributed by atoms with E-state index in [4.69, 9.17) is 17.3 Å². The molecule has 12 nitrogen and oxygen atoms in total. The zero-order chi connectivity index (χ0) is 34.1. The molecule has 0 bridgehead atoms. The second-order valence-corrected chi connectivity index (χ2v) is 13.6. The van der Waals surface area contributed by atoms with Gasteiger partial charge in [0.05, 0.1) is 34.6 Å². The molecular weight excluding hydrogens is 644 g/mol. The number of likely N-dealkylation sites (tertiary alicyclic amines) is 2. The molecule has 0 radical (unpaired) electrons. The maximum absolute atomic E-state index is 14.1. The van der Waals surface area contributed by atoms with Gasteiger partial charge in [-0.25, -0.2) is 4.52 Å². The Labute approximate surface area is 288 Å². The number of hydrogen-bond donors (Lipinski definition) is 3. The molecule has 2 saturated heterocycles. The molecule has 2 atom stereocenters. The first-order valence-electron chi connectivity index (χ1n) is 16.6. The van der Waals surface area contributed by atoms with Crippen molar-refractivity contribution in [2.45, 2.75) is 37.3 Å². The van der Waals surface area contributed by atoms with Crippen molar-refractivity contribution >= 4 is 45.5 Å². The fraction of sp³-hybridized carbons (Fsp3) is 0.361. The molecule has 5 aromatic rings. The summed E-state index contributed by atoms with van der Waals surface area (Å²) >= 11 is 6.25. The highest BCUT2D eigenvalue weighted by molar-refractivity contribution is 6.35. The summed E-state index contributed by atoms with van der Waals surface area (Å²) < 4.78 is 2.86. The Morgan fingerprint density at radius 3 is 2.65 bits per heavy atom. The van der Waals surface area contributed by atoms with Gasteiger partial charge >= 0.3 is 0 Å². The minimum absolute atomic E-state index is 0.0128. The van der Waals surface area contributed by atoms with Crippen LogP contribution in [0.3, 0.4) is 0 Å². The fourth-order valence-electron chi connectivity index (χ4n) is 7.25. The van der Waals surface area contributed by atoms with Crippen LogP contribution in [0.1, 0.15) is 41.1 Å². The molecule has 3 aromatic heterocycles. The zero-order valence-electron chi connectivity index (χ0n) is 27.0. The predicted octanol–water partition coefficient (Wildman–Crippen LogP) is 3.17. The van der Waals surface area contributed by atoms with Gasteiger partial charge in [0.15, 0.2) is 0 Å². The van der Waals surface area contributed by atoms with E-state index in [9.17, 15) is 19.5 Å². The van der Waals surface area contributed by atoms with Crippen molar-refractivity contribution in [3.05, 3.63) is 106 Å². The van der Waals surface area contributed by atoms with Gasteiger partial charge in [0.1, 0.15) is 11.8 Å². The summed E-state index contributed by atoms with van der Waals surface area (Å²) in [6, 6.07) is 18.7. The third-order valence-electron chi connectivity index (χ3n) is 9.99. The summed E-state index contributed by atoms with van der Waals surface area (Å²) in [4.78, 5) is 48.5. The van der Waals surface area contributed by atoms with Crippen molar-refractivity contribution in [3.8, 4) is 0 Å². The third kappa shape index (κ3) is 6.89. The molecule has 13 heteroatoms. The number of nitrogens with two attached hydrogens (primary N) is 1. The number of nitrogens with one attached hydrogen (secondary N) is 1. The van der Waals surface area contributed by atoms with E-state index < -0.39 is 5.60 Å². The van der Waals surface area contributed by atoms with E-state index >= 15 is 0 Å². The summed E-state index contributed by atoms with van der Waals surface area (Å²) in [6.07, 6.45) is 6.02. The van der Waals surface area contributed by atoms with Crippen LogP contribution in [0.25, 0.3) is 16.4 Å². The summed E-state index contributed by atoms with van der Waals surface area (Å²) in [6.45, 7) is 3.44. The molecule has 254 valence electrons. The zero-order valence-corrected chi connectivity index (χ0v) is 27.8. The van der Waals surface area contributed by atoms with E-state index in [1.165, 1.54) is 15.4 Å². The Morgan fingerprint density at radius 2 is 1.86 bits per heavy atom. The van der Waals surface area contributed by atoms with Crippen molar-refractivity contribution in [2.75, 3.05) is 45.0 Å². The van der Waals surface area contributed by atoms with E-state index in [0.29, 0.717) is 79.3 Å². The van der Waals surface area contributed by atoms with Gasteiger partial charge in [-0.1, -0.05) is 48.0 Å². The van der Waals surface area contributed by atoms with Crippen LogP contribution in [0.15, 0.2) is 84.2 Å². The van der Waals surface area contributed by atoms with Gasteiger partial charge in [0.2, 0.25) is 5.91 Å². The van der Waals surface area contributed by atoms with Gasteiger partial charge in [-0.3, -0.25) is 23.9 Å². The van der Waals surface area contributed by atoms with Gasteiger partial charge in [0.25, 0.3) is 11.5 Å². The quantitative estimate of drug-likeness (QED) is 0.226. The largest absolute Gasteiger partial charge is 0.397 e. The molecule has 2 aliphatic heterocycles. The first-order valence-corrected chi connectivity index (χ1v) is 17.0.